The molecule has 2 aromatic rings. The van der Waals surface area contributed by atoms with Gasteiger partial charge in [0.1, 0.15) is 19.2 Å². The molecule has 1 aromatic carbocycles. The molecule has 6 nitrogen and oxygen atoms in total. The molecule has 0 aliphatic carbocycles. The predicted octanol–water partition coefficient (Wildman–Crippen LogP) is 0.807. The average Bonchev–Trinajstić information content (AvgIpc) is 2.75. The van der Waals surface area contributed by atoms with Gasteiger partial charge in [0.15, 0.2) is 0 Å². The van der Waals surface area contributed by atoms with E-state index in [0.717, 1.165) is 5.56 Å². The summed E-state index contributed by atoms with van der Waals surface area (Å²) in [6, 6.07) is 5.48. The van der Waals surface area contributed by atoms with Crippen LogP contribution in [0.4, 0.5) is 11.4 Å². The number of hydrogen-bond donors (Lipinski definition) is 2. The molecule has 0 aliphatic rings. The number of rotatable bonds is 3. The van der Waals surface area contributed by atoms with Crippen LogP contribution in [0, 0.1) is 6.92 Å². The molecule has 88 valence electrons. The Balaban J connectivity index is 2.03. The first kappa shape index (κ1) is 11.1. The van der Waals surface area contributed by atoms with Crippen molar-refractivity contribution in [2.24, 2.45) is 0 Å². The van der Waals surface area contributed by atoms with Gasteiger partial charge in [0.25, 0.3) is 0 Å². The van der Waals surface area contributed by atoms with Crippen molar-refractivity contribution in [1.29, 1.82) is 0 Å². The molecule has 0 atom stereocenters. The van der Waals surface area contributed by atoms with Gasteiger partial charge in [-0.25, -0.2) is 9.67 Å². The highest BCUT2D eigenvalue weighted by Gasteiger charge is 2.06. The summed E-state index contributed by atoms with van der Waals surface area (Å²) in [7, 11) is 0. The van der Waals surface area contributed by atoms with Crippen molar-refractivity contribution in [1.82, 2.24) is 14.8 Å². The Morgan fingerprint density at radius 2 is 2.35 bits per heavy atom. The lowest BCUT2D eigenvalue weighted by Gasteiger charge is -2.08. The normalized spacial score (nSPS) is 10.2. The molecule has 1 amide bonds. The van der Waals surface area contributed by atoms with Crippen molar-refractivity contribution in [3.05, 3.63) is 36.4 Å². The third-order valence-electron chi connectivity index (χ3n) is 2.25. The summed E-state index contributed by atoms with van der Waals surface area (Å²) in [5.41, 5.74) is 8.01. The first-order chi connectivity index (χ1) is 8.15. The molecule has 0 radical (unpaired) electrons. The van der Waals surface area contributed by atoms with Crippen molar-refractivity contribution in [2.75, 3.05) is 11.1 Å². The van der Waals surface area contributed by atoms with Crippen LogP contribution in [0.15, 0.2) is 30.9 Å². The van der Waals surface area contributed by atoms with E-state index in [9.17, 15) is 4.79 Å². The van der Waals surface area contributed by atoms with E-state index in [4.69, 9.17) is 5.73 Å². The minimum atomic E-state index is -0.189. The number of nitrogen functional groups attached to an aromatic ring is 1. The van der Waals surface area contributed by atoms with Gasteiger partial charge in [-0.2, -0.15) is 5.10 Å². The third kappa shape index (κ3) is 2.81. The van der Waals surface area contributed by atoms with Gasteiger partial charge in [0.05, 0.1) is 11.4 Å². The monoisotopic (exact) mass is 231 g/mol. The number of amides is 1. The minimum absolute atomic E-state index is 0.118. The van der Waals surface area contributed by atoms with Crippen molar-refractivity contribution in [3.8, 4) is 0 Å². The molecular formula is C11H13N5O. The number of carbonyl (C=O) groups excluding carboxylic acids is 1. The van der Waals surface area contributed by atoms with Crippen LogP contribution in [0.5, 0.6) is 0 Å². The summed E-state index contributed by atoms with van der Waals surface area (Å²) < 4.78 is 1.44. The van der Waals surface area contributed by atoms with Crippen molar-refractivity contribution in [2.45, 2.75) is 13.5 Å². The fraction of sp³-hybridized carbons (Fsp3) is 0.182. The zero-order valence-electron chi connectivity index (χ0n) is 9.42. The second-order valence-electron chi connectivity index (χ2n) is 3.73. The van der Waals surface area contributed by atoms with E-state index in [1.807, 2.05) is 19.1 Å². The summed E-state index contributed by atoms with van der Waals surface area (Å²) in [5, 5.41) is 6.57. The fourth-order valence-corrected chi connectivity index (χ4v) is 1.45. The van der Waals surface area contributed by atoms with Crippen LogP contribution >= 0.6 is 0 Å². The van der Waals surface area contributed by atoms with Gasteiger partial charge in [0.2, 0.25) is 5.91 Å². The van der Waals surface area contributed by atoms with Gasteiger partial charge in [-0.3, -0.25) is 4.79 Å². The Morgan fingerprint density at radius 3 is 3.00 bits per heavy atom. The lowest BCUT2D eigenvalue weighted by Crippen LogP contribution is -2.19. The summed E-state index contributed by atoms with van der Waals surface area (Å²) in [6.07, 6.45) is 2.87. The summed E-state index contributed by atoms with van der Waals surface area (Å²) >= 11 is 0. The number of hydrogen-bond acceptors (Lipinski definition) is 4. The molecule has 0 saturated heterocycles. The van der Waals surface area contributed by atoms with Gasteiger partial charge in [0, 0.05) is 0 Å². The SMILES string of the molecule is Cc1ccc(NC(=O)Cn2cncn2)c(N)c1. The number of nitrogens with zero attached hydrogens (tertiary/aromatic N) is 3. The van der Waals surface area contributed by atoms with E-state index in [1.165, 1.54) is 17.3 Å². The molecular weight excluding hydrogens is 218 g/mol. The van der Waals surface area contributed by atoms with Gasteiger partial charge in [-0.05, 0) is 24.6 Å². The minimum Gasteiger partial charge on any atom is -0.397 e. The smallest absolute Gasteiger partial charge is 0.246 e. The van der Waals surface area contributed by atoms with Crippen LogP contribution in [0.3, 0.4) is 0 Å². The van der Waals surface area contributed by atoms with E-state index in [0.29, 0.717) is 11.4 Å². The molecule has 17 heavy (non-hydrogen) atoms. The van der Waals surface area contributed by atoms with Crippen LogP contribution in [0.1, 0.15) is 5.56 Å². The number of nitrogens with two attached hydrogens (primary N) is 1. The molecule has 6 heteroatoms. The average molecular weight is 231 g/mol. The number of anilines is 2. The van der Waals surface area contributed by atoms with Crippen LogP contribution in [0.2, 0.25) is 0 Å². The Morgan fingerprint density at radius 1 is 1.53 bits per heavy atom. The maximum atomic E-state index is 11.7. The molecule has 0 fully saturated rings. The summed E-state index contributed by atoms with van der Waals surface area (Å²) in [6.45, 7) is 2.06. The summed E-state index contributed by atoms with van der Waals surface area (Å²) in [5.74, 6) is -0.189. The molecule has 2 rings (SSSR count). The van der Waals surface area contributed by atoms with Crippen LogP contribution in [-0.4, -0.2) is 20.7 Å². The lowest BCUT2D eigenvalue weighted by molar-refractivity contribution is -0.116. The Hall–Kier alpha value is -2.37. The standard InChI is InChI=1S/C11H13N5O/c1-8-2-3-10(9(12)4-8)15-11(17)5-16-7-13-6-14-16/h2-4,6-7H,5,12H2,1H3,(H,15,17). The molecule has 0 unspecified atom stereocenters. The third-order valence-corrected chi connectivity index (χ3v) is 2.25. The molecule has 0 bridgehead atoms. The molecule has 0 aliphatic heterocycles. The van der Waals surface area contributed by atoms with E-state index in [2.05, 4.69) is 15.4 Å². The topological polar surface area (TPSA) is 85.8 Å². The Kier molecular flexibility index (Phi) is 3.04. The highest BCUT2D eigenvalue weighted by Crippen LogP contribution is 2.19. The summed E-state index contributed by atoms with van der Waals surface area (Å²) in [4.78, 5) is 15.4. The van der Waals surface area contributed by atoms with E-state index in [-0.39, 0.29) is 12.5 Å². The van der Waals surface area contributed by atoms with Gasteiger partial charge in [-0.1, -0.05) is 6.07 Å². The molecule has 1 aromatic heterocycles. The Labute approximate surface area is 98.5 Å². The van der Waals surface area contributed by atoms with Gasteiger partial charge >= 0.3 is 0 Å². The van der Waals surface area contributed by atoms with Gasteiger partial charge < -0.3 is 11.1 Å². The number of nitrogens with one attached hydrogen (secondary N) is 1. The largest absolute Gasteiger partial charge is 0.397 e. The fourth-order valence-electron chi connectivity index (χ4n) is 1.45. The van der Waals surface area contributed by atoms with Gasteiger partial charge in [-0.15, -0.1) is 0 Å². The first-order valence-corrected chi connectivity index (χ1v) is 5.13. The highest BCUT2D eigenvalue weighted by molar-refractivity contribution is 5.93. The van der Waals surface area contributed by atoms with Crippen molar-refractivity contribution >= 4 is 17.3 Å². The lowest BCUT2D eigenvalue weighted by atomic mass is 10.2. The second kappa shape index (κ2) is 4.65. The van der Waals surface area contributed by atoms with Crippen molar-refractivity contribution in [3.63, 3.8) is 0 Å². The number of aromatic nitrogens is 3. The number of carbonyl (C=O) groups is 1. The highest BCUT2D eigenvalue weighted by atomic mass is 16.2. The van der Waals surface area contributed by atoms with Crippen LogP contribution < -0.4 is 11.1 Å². The first-order valence-electron chi connectivity index (χ1n) is 5.13. The van der Waals surface area contributed by atoms with E-state index < -0.39 is 0 Å². The van der Waals surface area contributed by atoms with Crippen LogP contribution in [0.25, 0.3) is 0 Å². The van der Waals surface area contributed by atoms with E-state index in [1.54, 1.807) is 6.07 Å². The van der Waals surface area contributed by atoms with Crippen molar-refractivity contribution < 1.29 is 4.79 Å². The Bertz CT molecular complexity index is 521. The number of aryl methyl sites for hydroxylation is 1. The van der Waals surface area contributed by atoms with E-state index >= 15 is 0 Å². The molecule has 0 spiro atoms. The van der Waals surface area contributed by atoms with Crippen LogP contribution in [-0.2, 0) is 11.3 Å². The predicted molar refractivity (Wildman–Crippen MR) is 64.2 cm³/mol. The molecule has 0 saturated carbocycles. The number of benzene rings is 1. The molecule has 3 N–H and O–H groups in total. The zero-order valence-corrected chi connectivity index (χ0v) is 9.42. The second-order valence-corrected chi connectivity index (χ2v) is 3.73. The maximum absolute atomic E-state index is 11.7. The maximum Gasteiger partial charge on any atom is 0.246 e. The quantitative estimate of drug-likeness (QED) is 0.765. The zero-order chi connectivity index (χ0) is 12.3. The molecule has 1 heterocycles.